The van der Waals surface area contributed by atoms with Gasteiger partial charge in [0.05, 0.1) is 5.69 Å². The van der Waals surface area contributed by atoms with Crippen LogP contribution in [0.25, 0.3) is 16.9 Å². The minimum absolute atomic E-state index is 0.0706. The van der Waals surface area contributed by atoms with Crippen molar-refractivity contribution in [2.45, 2.75) is 20.4 Å². The first-order valence-electron chi connectivity index (χ1n) is 8.85. The molecule has 2 aromatic heterocycles. The highest BCUT2D eigenvalue weighted by molar-refractivity contribution is 5.90. The topological polar surface area (TPSA) is 94.7 Å². The molecule has 4 aromatic rings. The van der Waals surface area contributed by atoms with E-state index in [0.717, 1.165) is 21.4 Å². The number of fused-ring (bicyclic) bond motifs is 1. The Bertz CT molecular complexity index is 1260. The highest BCUT2D eigenvalue weighted by Gasteiger charge is 2.15. The molecule has 0 spiro atoms. The zero-order valence-electron chi connectivity index (χ0n) is 15.8. The van der Waals surface area contributed by atoms with Gasteiger partial charge in [-0.1, -0.05) is 11.3 Å². The van der Waals surface area contributed by atoms with Crippen molar-refractivity contribution in [2.24, 2.45) is 0 Å². The summed E-state index contributed by atoms with van der Waals surface area (Å²) in [5, 5.41) is 10.6. The third-order valence-corrected chi connectivity index (χ3v) is 4.32. The minimum atomic E-state index is -0.472. The molecule has 0 radical (unpaired) electrons. The van der Waals surface area contributed by atoms with Gasteiger partial charge in [0.25, 0.3) is 5.56 Å². The number of nitrogens with one attached hydrogen (secondary N) is 1. The van der Waals surface area contributed by atoms with E-state index in [1.165, 1.54) is 35.3 Å². The Labute approximate surface area is 164 Å². The van der Waals surface area contributed by atoms with E-state index in [1.54, 1.807) is 0 Å². The number of carbonyl (C=O) groups excluding carboxylic acids is 1. The van der Waals surface area contributed by atoms with Gasteiger partial charge in [0.1, 0.15) is 18.7 Å². The molecule has 4 rings (SSSR count). The molecule has 0 unspecified atom stereocenters. The van der Waals surface area contributed by atoms with Crippen molar-refractivity contribution in [1.82, 2.24) is 24.5 Å². The first-order chi connectivity index (χ1) is 13.9. The van der Waals surface area contributed by atoms with Crippen LogP contribution in [0, 0.1) is 19.7 Å². The highest BCUT2D eigenvalue weighted by Crippen LogP contribution is 2.16. The third kappa shape index (κ3) is 3.75. The van der Waals surface area contributed by atoms with Gasteiger partial charge in [0, 0.05) is 5.69 Å². The maximum Gasteiger partial charge on any atom is 0.284 e. The van der Waals surface area contributed by atoms with Crippen molar-refractivity contribution in [3.05, 3.63) is 76.1 Å². The number of hydrogen-bond donors (Lipinski definition) is 1. The summed E-state index contributed by atoms with van der Waals surface area (Å²) in [4.78, 5) is 29.2. The van der Waals surface area contributed by atoms with E-state index in [0.29, 0.717) is 11.3 Å². The first-order valence-corrected chi connectivity index (χ1v) is 8.85. The fraction of sp³-hybridized carbons (Fsp3) is 0.150. The van der Waals surface area contributed by atoms with Crippen LogP contribution in [-0.2, 0) is 11.3 Å². The van der Waals surface area contributed by atoms with Crippen LogP contribution in [0.4, 0.5) is 10.1 Å². The number of hydrogen-bond acceptors (Lipinski definition) is 5. The lowest BCUT2D eigenvalue weighted by Gasteiger charge is -2.08. The molecule has 0 saturated carbocycles. The van der Waals surface area contributed by atoms with E-state index in [2.05, 4.69) is 20.6 Å². The van der Waals surface area contributed by atoms with E-state index in [-0.39, 0.29) is 12.1 Å². The molecule has 0 bridgehead atoms. The molecule has 8 nitrogen and oxygen atoms in total. The van der Waals surface area contributed by atoms with Crippen LogP contribution in [-0.4, -0.2) is 30.5 Å². The van der Waals surface area contributed by atoms with E-state index in [1.807, 2.05) is 32.0 Å². The fourth-order valence-corrected chi connectivity index (χ4v) is 3.09. The Morgan fingerprint density at radius 3 is 2.48 bits per heavy atom. The third-order valence-electron chi connectivity index (χ3n) is 4.32. The Balaban J connectivity index is 1.62. The average Bonchev–Trinajstić information content (AvgIpc) is 3.10. The zero-order valence-corrected chi connectivity index (χ0v) is 15.8. The van der Waals surface area contributed by atoms with Crippen LogP contribution in [0.3, 0.4) is 0 Å². The number of rotatable bonds is 4. The van der Waals surface area contributed by atoms with Crippen molar-refractivity contribution in [3.63, 3.8) is 0 Å². The van der Waals surface area contributed by atoms with Gasteiger partial charge in [0.15, 0.2) is 11.2 Å². The summed E-state index contributed by atoms with van der Waals surface area (Å²) in [6.07, 6.45) is 1.29. The van der Waals surface area contributed by atoms with Crippen molar-refractivity contribution in [2.75, 3.05) is 5.32 Å². The summed E-state index contributed by atoms with van der Waals surface area (Å²) in [7, 11) is 0. The molecule has 0 saturated heterocycles. The molecule has 2 aromatic carbocycles. The summed E-state index contributed by atoms with van der Waals surface area (Å²) < 4.78 is 15.6. The van der Waals surface area contributed by atoms with Gasteiger partial charge < -0.3 is 5.32 Å². The predicted octanol–water partition coefficient (Wildman–Crippen LogP) is 2.37. The standard InChI is InChI=1S/C20H17FN6O2/c1-12-7-13(2)9-16(8-12)27-19-18(24-25-27)20(29)26(11-22-19)10-17(28)23-15-5-3-14(21)4-6-15/h3-9,11H,10H2,1-2H3,(H,23,28). The number of carbonyl (C=O) groups is 1. The second kappa shape index (κ2) is 7.27. The van der Waals surface area contributed by atoms with Crippen LogP contribution in [0.2, 0.25) is 0 Å². The number of anilines is 1. The molecule has 146 valence electrons. The van der Waals surface area contributed by atoms with Gasteiger partial charge in [0.2, 0.25) is 5.91 Å². The van der Waals surface area contributed by atoms with Gasteiger partial charge in [-0.05, 0) is 61.4 Å². The van der Waals surface area contributed by atoms with Crippen molar-refractivity contribution in [1.29, 1.82) is 0 Å². The summed E-state index contributed by atoms with van der Waals surface area (Å²) in [5.41, 5.74) is 3.20. The van der Waals surface area contributed by atoms with E-state index < -0.39 is 17.3 Å². The average molecular weight is 392 g/mol. The molecule has 0 aliphatic rings. The highest BCUT2D eigenvalue weighted by atomic mass is 19.1. The van der Waals surface area contributed by atoms with Crippen molar-refractivity contribution >= 4 is 22.8 Å². The molecule has 2 heterocycles. The molecule has 1 N–H and O–H groups in total. The van der Waals surface area contributed by atoms with Crippen LogP contribution in [0.15, 0.2) is 53.6 Å². The fourth-order valence-electron chi connectivity index (χ4n) is 3.09. The molecule has 1 amide bonds. The molecule has 9 heteroatoms. The summed E-state index contributed by atoms with van der Waals surface area (Å²) >= 11 is 0. The molecule has 0 aliphatic heterocycles. The molecule has 0 fully saturated rings. The molecule has 29 heavy (non-hydrogen) atoms. The van der Waals surface area contributed by atoms with Crippen LogP contribution in [0.5, 0.6) is 0 Å². The summed E-state index contributed by atoms with van der Waals surface area (Å²) in [5.74, 6) is -0.845. The Morgan fingerprint density at radius 1 is 1.10 bits per heavy atom. The summed E-state index contributed by atoms with van der Waals surface area (Å²) in [6, 6.07) is 11.2. The lowest BCUT2D eigenvalue weighted by molar-refractivity contribution is -0.116. The summed E-state index contributed by atoms with van der Waals surface area (Å²) in [6.45, 7) is 3.68. The second-order valence-electron chi connectivity index (χ2n) is 6.75. The maximum atomic E-state index is 13.0. The largest absolute Gasteiger partial charge is 0.325 e. The van der Waals surface area contributed by atoms with Crippen LogP contribution < -0.4 is 10.9 Å². The second-order valence-corrected chi connectivity index (χ2v) is 6.75. The maximum absolute atomic E-state index is 13.0. The number of amides is 1. The monoisotopic (exact) mass is 392 g/mol. The first kappa shape index (κ1) is 18.5. The van der Waals surface area contributed by atoms with Gasteiger partial charge in [-0.15, -0.1) is 5.10 Å². The number of aryl methyl sites for hydroxylation is 2. The normalized spacial score (nSPS) is 11.0. The lowest BCUT2D eigenvalue weighted by Crippen LogP contribution is -2.28. The van der Waals surface area contributed by atoms with Crippen molar-refractivity contribution in [3.8, 4) is 5.69 Å². The molecular formula is C20H17FN6O2. The van der Waals surface area contributed by atoms with Gasteiger partial charge in [-0.2, -0.15) is 4.68 Å². The van der Waals surface area contributed by atoms with E-state index >= 15 is 0 Å². The van der Waals surface area contributed by atoms with Crippen LogP contribution >= 0.6 is 0 Å². The Hall–Kier alpha value is -3.88. The minimum Gasteiger partial charge on any atom is -0.325 e. The van der Waals surface area contributed by atoms with E-state index in [4.69, 9.17) is 0 Å². The number of benzene rings is 2. The van der Waals surface area contributed by atoms with Gasteiger partial charge in [-0.3, -0.25) is 14.2 Å². The quantitative estimate of drug-likeness (QED) is 0.575. The Kier molecular flexibility index (Phi) is 4.63. The number of nitrogens with zero attached hydrogens (tertiary/aromatic N) is 5. The lowest BCUT2D eigenvalue weighted by atomic mass is 10.1. The van der Waals surface area contributed by atoms with Crippen molar-refractivity contribution < 1.29 is 9.18 Å². The zero-order chi connectivity index (χ0) is 20.5. The predicted molar refractivity (Wildman–Crippen MR) is 105 cm³/mol. The Morgan fingerprint density at radius 2 is 1.79 bits per heavy atom. The van der Waals surface area contributed by atoms with E-state index in [9.17, 15) is 14.0 Å². The SMILES string of the molecule is Cc1cc(C)cc(-n2nnc3c(=O)n(CC(=O)Nc4ccc(F)cc4)cnc32)c1. The molecule has 0 atom stereocenters. The molecular weight excluding hydrogens is 375 g/mol. The number of halogens is 1. The number of aromatic nitrogens is 5. The van der Waals surface area contributed by atoms with Crippen LogP contribution in [0.1, 0.15) is 11.1 Å². The smallest absolute Gasteiger partial charge is 0.284 e. The van der Waals surface area contributed by atoms with Gasteiger partial charge in [-0.25, -0.2) is 9.37 Å². The molecule has 0 aliphatic carbocycles. The van der Waals surface area contributed by atoms with Gasteiger partial charge >= 0.3 is 0 Å².